The van der Waals surface area contributed by atoms with Gasteiger partial charge in [0.05, 0.1) is 38.5 Å². The van der Waals surface area contributed by atoms with Crippen LogP contribution in [0.15, 0.2) is 42.0 Å². The molecule has 0 aromatic heterocycles. The molecule has 1 atom stereocenters. The second-order valence-corrected chi connectivity index (χ2v) is 8.81. The number of methoxy groups -OCH3 is 1. The molecule has 0 unspecified atom stereocenters. The van der Waals surface area contributed by atoms with Crippen LogP contribution in [0.1, 0.15) is 30.5 Å². The van der Waals surface area contributed by atoms with E-state index in [0.717, 1.165) is 19.2 Å². The number of aliphatic hydroxyl groups excluding tert-OH is 1. The smallest absolute Gasteiger partial charge is 0.295 e. The topological polar surface area (TPSA) is 109 Å². The van der Waals surface area contributed by atoms with Crippen LogP contribution in [0, 0.1) is 5.82 Å². The van der Waals surface area contributed by atoms with Gasteiger partial charge in [0.15, 0.2) is 23.1 Å². The maximum atomic E-state index is 14.4. The van der Waals surface area contributed by atoms with E-state index < -0.39 is 29.3 Å². The molecule has 2 fully saturated rings. The standard InChI is InChI=1S/C27H31FN2O7/c1-3-37-22-16-17(5-7-20(22)31)24-23(25(32)18-6-8-21(35-2)19(28)15-18)26(33)27(34)30(24)10-4-9-29-11-13-36-14-12-29/h5-8,15-16,24,31-32H,3-4,9-14H2,1-2H3/t24-/m0/s1. The first kappa shape index (κ1) is 26.4. The number of amides is 1. The predicted octanol–water partition coefficient (Wildman–Crippen LogP) is 3.08. The first-order chi connectivity index (χ1) is 17.8. The largest absolute Gasteiger partial charge is 0.507 e. The van der Waals surface area contributed by atoms with Gasteiger partial charge in [-0.1, -0.05) is 6.07 Å². The minimum atomic E-state index is -0.949. The average molecular weight is 515 g/mol. The average Bonchev–Trinajstić information content (AvgIpc) is 3.15. The van der Waals surface area contributed by atoms with Crippen molar-refractivity contribution in [1.29, 1.82) is 0 Å². The Hall–Kier alpha value is -3.63. The van der Waals surface area contributed by atoms with Crippen molar-refractivity contribution in [2.24, 2.45) is 0 Å². The number of carbonyl (C=O) groups is 2. The van der Waals surface area contributed by atoms with Gasteiger partial charge in [-0.15, -0.1) is 0 Å². The van der Waals surface area contributed by atoms with Gasteiger partial charge in [0.2, 0.25) is 0 Å². The summed E-state index contributed by atoms with van der Waals surface area (Å²) < 4.78 is 30.2. The summed E-state index contributed by atoms with van der Waals surface area (Å²) in [7, 11) is 1.32. The van der Waals surface area contributed by atoms with E-state index in [1.54, 1.807) is 19.1 Å². The van der Waals surface area contributed by atoms with Crippen molar-refractivity contribution in [2.45, 2.75) is 19.4 Å². The summed E-state index contributed by atoms with van der Waals surface area (Å²) in [5.41, 5.74) is 0.356. The molecule has 198 valence electrons. The molecule has 2 saturated heterocycles. The maximum absolute atomic E-state index is 14.4. The Morgan fingerprint density at radius 3 is 2.54 bits per heavy atom. The molecule has 2 aromatic carbocycles. The number of hydrogen-bond donors (Lipinski definition) is 2. The molecule has 37 heavy (non-hydrogen) atoms. The third kappa shape index (κ3) is 5.55. The number of Topliss-reactive ketones (excluding diaryl/α,β-unsaturated/α-hetero) is 1. The summed E-state index contributed by atoms with van der Waals surface area (Å²) in [5, 5.41) is 21.4. The number of halogens is 1. The highest BCUT2D eigenvalue weighted by molar-refractivity contribution is 6.46. The molecule has 1 amide bonds. The van der Waals surface area contributed by atoms with E-state index in [0.29, 0.717) is 38.3 Å². The molecule has 2 aliphatic rings. The third-order valence-corrected chi connectivity index (χ3v) is 6.54. The van der Waals surface area contributed by atoms with E-state index in [9.17, 15) is 24.2 Å². The lowest BCUT2D eigenvalue weighted by Gasteiger charge is -2.29. The molecule has 2 heterocycles. The van der Waals surface area contributed by atoms with Crippen molar-refractivity contribution in [2.75, 3.05) is 53.1 Å². The summed E-state index contributed by atoms with van der Waals surface area (Å²) in [6, 6.07) is 7.40. The van der Waals surface area contributed by atoms with Crippen molar-refractivity contribution >= 4 is 17.4 Å². The number of rotatable bonds is 9. The minimum absolute atomic E-state index is 0.0171. The van der Waals surface area contributed by atoms with Crippen molar-refractivity contribution in [3.63, 3.8) is 0 Å². The second kappa shape index (κ2) is 11.6. The summed E-state index contributed by atoms with van der Waals surface area (Å²) in [6.45, 7) is 5.91. The Kier molecular flexibility index (Phi) is 8.30. The van der Waals surface area contributed by atoms with E-state index in [-0.39, 0.29) is 34.9 Å². The SMILES string of the molecule is CCOc1cc([C@H]2C(=C(O)c3ccc(OC)c(F)c3)C(=O)C(=O)N2CCCN2CCOCC2)ccc1O. The first-order valence-corrected chi connectivity index (χ1v) is 12.2. The van der Waals surface area contributed by atoms with Crippen LogP contribution in [-0.4, -0.2) is 84.8 Å². The highest BCUT2D eigenvalue weighted by Gasteiger charge is 2.46. The molecular weight excluding hydrogens is 483 g/mol. The number of morpholine rings is 1. The fraction of sp³-hybridized carbons (Fsp3) is 0.407. The number of phenols is 1. The highest BCUT2D eigenvalue weighted by Crippen LogP contribution is 2.42. The number of carbonyl (C=O) groups excluding carboxylic acids is 2. The fourth-order valence-electron chi connectivity index (χ4n) is 4.69. The number of ether oxygens (including phenoxy) is 3. The number of nitrogens with zero attached hydrogens (tertiary/aromatic N) is 2. The summed E-state index contributed by atoms with van der Waals surface area (Å²) in [4.78, 5) is 30.1. The van der Waals surface area contributed by atoms with Crippen molar-refractivity contribution in [3.05, 3.63) is 58.9 Å². The summed E-state index contributed by atoms with van der Waals surface area (Å²) >= 11 is 0. The number of aliphatic hydroxyl groups is 1. The second-order valence-electron chi connectivity index (χ2n) is 8.81. The molecule has 0 radical (unpaired) electrons. The zero-order valence-electron chi connectivity index (χ0n) is 20.9. The lowest BCUT2D eigenvalue weighted by atomic mass is 9.95. The number of likely N-dealkylation sites (tertiary alicyclic amines) is 1. The molecule has 2 aromatic rings. The molecule has 9 nitrogen and oxygen atoms in total. The Balaban J connectivity index is 1.73. The molecule has 4 rings (SSSR count). The van der Waals surface area contributed by atoms with Gasteiger partial charge in [-0.05, 0) is 49.2 Å². The Morgan fingerprint density at radius 1 is 1.11 bits per heavy atom. The van der Waals surface area contributed by atoms with Crippen LogP contribution < -0.4 is 9.47 Å². The van der Waals surface area contributed by atoms with Crippen molar-refractivity contribution < 1.29 is 38.4 Å². The fourth-order valence-corrected chi connectivity index (χ4v) is 4.69. The lowest BCUT2D eigenvalue weighted by molar-refractivity contribution is -0.140. The third-order valence-electron chi connectivity index (χ3n) is 6.54. The summed E-state index contributed by atoms with van der Waals surface area (Å²) in [6.07, 6.45) is 0.594. The Labute approximate surface area is 214 Å². The molecule has 2 N–H and O–H groups in total. The Morgan fingerprint density at radius 2 is 1.86 bits per heavy atom. The maximum Gasteiger partial charge on any atom is 0.295 e. The van der Waals surface area contributed by atoms with Gasteiger partial charge in [-0.3, -0.25) is 14.5 Å². The quantitative estimate of drug-likeness (QED) is 0.299. The van der Waals surface area contributed by atoms with Gasteiger partial charge in [-0.25, -0.2) is 4.39 Å². The first-order valence-electron chi connectivity index (χ1n) is 12.2. The van der Waals surface area contributed by atoms with Gasteiger partial charge in [-0.2, -0.15) is 0 Å². The highest BCUT2D eigenvalue weighted by atomic mass is 19.1. The molecule has 0 saturated carbocycles. The van der Waals surface area contributed by atoms with Crippen LogP contribution >= 0.6 is 0 Å². The molecule has 10 heteroatoms. The number of phenolic OH excluding ortho intramolecular Hbond substituents is 1. The molecular formula is C27H31FN2O7. The molecule has 0 spiro atoms. The van der Waals surface area contributed by atoms with E-state index >= 15 is 0 Å². The number of ketones is 1. The van der Waals surface area contributed by atoms with Crippen LogP contribution in [0.3, 0.4) is 0 Å². The molecule has 0 aliphatic carbocycles. The van der Waals surface area contributed by atoms with Gasteiger partial charge in [0, 0.05) is 31.7 Å². The zero-order chi connectivity index (χ0) is 26.5. The van der Waals surface area contributed by atoms with Crippen LogP contribution in [0.2, 0.25) is 0 Å². The van der Waals surface area contributed by atoms with Gasteiger partial charge in [0.1, 0.15) is 5.76 Å². The van der Waals surface area contributed by atoms with Crippen molar-refractivity contribution in [3.8, 4) is 17.2 Å². The van der Waals surface area contributed by atoms with Crippen molar-refractivity contribution in [1.82, 2.24) is 9.80 Å². The molecule has 0 bridgehead atoms. The van der Waals surface area contributed by atoms with Crippen LogP contribution in [-0.2, 0) is 14.3 Å². The van der Waals surface area contributed by atoms with E-state index in [1.807, 2.05) is 0 Å². The van der Waals surface area contributed by atoms with Crippen LogP contribution in [0.25, 0.3) is 5.76 Å². The van der Waals surface area contributed by atoms with Crippen LogP contribution in [0.5, 0.6) is 17.2 Å². The summed E-state index contributed by atoms with van der Waals surface area (Å²) in [5.74, 6) is -2.75. The van der Waals surface area contributed by atoms with E-state index in [4.69, 9.17) is 14.2 Å². The van der Waals surface area contributed by atoms with E-state index in [1.165, 1.54) is 30.2 Å². The number of aromatic hydroxyl groups is 1. The number of hydrogen-bond acceptors (Lipinski definition) is 8. The predicted molar refractivity (Wildman–Crippen MR) is 133 cm³/mol. The monoisotopic (exact) mass is 514 g/mol. The normalized spacial score (nSPS) is 19.9. The zero-order valence-corrected chi connectivity index (χ0v) is 20.9. The minimum Gasteiger partial charge on any atom is -0.507 e. The Bertz CT molecular complexity index is 1190. The van der Waals surface area contributed by atoms with Gasteiger partial charge in [0.25, 0.3) is 11.7 Å². The lowest BCUT2D eigenvalue weighted by Crippen LogP contribution is -2.38. The van der Waals surface area contributed by atoms with Gasteiger partial charge < -0.3 is 29.3 Å². The number of benzene rings is 2. The van der Waals surface area contributed by atoms with Gasteiger partial charge >= 0.3 is 0 Å². The molecule has 2 aliphatic heterocycles. The van der Waals surface area contributed by atoms with Crippen LogP contribution in [0.4, 0.5) is 4.39 Å². The van der Waals surface area contributed by atoms with E-state index in [2.05, 4.69) is 4.90 Å².